The lowest BCUT2D eigenvalue weighted by Gasteiger charge is -2.25. The fourth-order valence-corrected chi connectivity index (χ4v) is 2.21. The van der Waals surface area contributed by atoms with Gasteiger partial charge in [0.15, 0.2) is 0 Å². The van der Waals surface area contributed by atoms with E-state index in [1.165, 1.54) is 11.3 Å². The second kappa shape index (κ2) is 3.59. The van der Waals surface area contributed by atoms with E-state index in [0.717, 1.165) is 5.65 Å². The number of fused-ring (bicyclic) bond motifs is 1. The minimum Gasteiger partial charge on any atom is -0.303 e. The molecule has 0 atom stereocenters. The van der Waals surface area contributed by atoms with Gasteiger partial charge in [0.25, 0.3) is 0 Å². The summed E-state index contributed by atoms with van der Waals surface area (Å²) in [6.45, 7) is 13.4. The maximum atomic E-state index is 4.52. The predicted octanol–water partition coefficient (Wildman–Crippen LogP) is 3.93. The van der Waals surface area contributed by atoms with E-state index in [-0.39, 0.29) is 10.8 Å². The van der Waals surface area contributed by atoms with Crippen LogP contribution >= 0.6 is 0 Å². The summed E-state index contributed by atoms with van der Waals surface area (Å²) in [4.78, 5) is 4.52. The monoisotopic (exact) mass is 230 g/mol. The largest absolute Gasteiger partial charge is 0.303 e. The first-order valence-electron chi connectivity index (χ1n) is 6.18. The van der Waals surface area contributed by atoms with Crippen LogP contribution in [0.2, 0.25) is 0 Å². The molecule has 0 aliphatic heterocycles. The van der Waals surface area contributed by atoms with Gasteiger partial charge < -0.3 is 4.40 Å². The van der Waals surface area contributed by atoms with Gasteiger partial charge in [0.05, 0.1) is 0 Å². The number of aromatic nitrogens is 2. The van der Waals surface area contributed by atoms with Gasteiger partial charge in [0.2, 0.25) is 0 Å². The average Bonchev–Trinajstić information content (AvgIpc) is 2.60. The number of hydrogen-bond acceptors (Lipinski definition) is 1. The molecular formula is C15H22N2. The van der Waals surface area contributed by atoms with Crippen LogP contribution in [0.3, 0.4) is 0 Å². The molecule has 0 unspecified atom stereocenters. The quantitative estimate of drug-likeness (QED) is 0.670. The Morgan fingerprint density at radius 2 is 1.59 bits per heavy atom. The number of hydrogen-bond donors (Lipinski definition) is 0. The van der Waals surface area contributed by atoms with Crippen LogP contribution in [0.25, 0.3) is 5.65 Å². The standard InChI is InChI=1S/C15H22N2/c1-14(2,3)11-7-8-12(15(4,5)6)17-10-9-16-13(11)17/h7-10H,1-6H3. The molecule has 0 saturated carbocycles. The van der Waals surface area contributed by atoms with Crippen LogP contribution in [-0.4, -0.2) is 9.38 Å². The highest BCUT2D eigenvalue weighted by Crippen LogP contribution is 2.30. The van der Waals surface area contributed by atoms with Gasteiger partial charge in [-0.1, -0.05) is 47.6 Å². The zero-order valence-electron chi connectivity index (χ0n) is 11.7. The van der Waals surface area contributed by atoms with Gasteiger partial charge in [0.1, 0.15) is 5.65 Å². The van der Waals surface area contributed by atoms with E-state index in [9.17, 15) is 0 Å². The van der Waals surface area contributed by atoms with Gasteiger partial charge >= 0.3 is 0 Å². The lowest BCUT2D eigenvalue weighted by Crippen LogP contribution is -2.19. The average molecular weight is 230 g/mol. The molecule has 0 fully saturated rings. The summed E-state index contributed by atoms with van der Waals surface area (Å²) in [7, 11) is 0. The smallest absolute Gasteiger partial charge is 0.140 e. The van der Waals surface area contributed by atoms with Crippen LogP contribution in [0, 0.1) is 0 Å². The maximum Gasteiger partial charge on any atom is 0.140 e. The third-order valence-corrected chi connectivity index (χ3v) is 3.13. The Labute approximate surface area is 104 Å². The molecular weight excluding hydrogens is 208 g/mol. The first-order valence-corrected chi connectivity index (χ1v) is 6.18. The van der Waals surface area contributed by atoms with Crippen molar-refractivity contribution in [1.29, 1.82) is 0 Å². The molecule has 0 aliphatic rings. The Morgan fingerprint density at radius 3 is 2.12 bits per heavy atom. The lowest BCUT2D eigenvalue weighted by molar-refractivity contribution is 0.552. The van der Waals surface area contributed by atoms with Crippen LogP contribution in [-0.2, 0) is 10.8 Å². The summed E-state index contributed by atoms with van der Waals surface area (Å²) in [5.74, 6) is 0. The summed E-state index contributed by atoms with van der Waals surface area (Å²) in [5.41, 5.74) is 3.96. The van der Waals surface area contributed by atoms with Crippen molar-refractivity contribution in [3.63, 3.8) is 0 Å². The van der Waals surface area contributed by atoms with Gasteiger partial charge in [-0.15, -0.1) is 0 Å². The molecule has 0 aromatic carbocycles. The zero-order chi connectivity index (χ0) is 12.8. The highest BCUT2D eigenvalue weighted by atomic mass is 15.0. The number of rotatable bonds is 0. The summed E-state index contributed by atoms with van der Waals surface area (Å²) >= 11 is 0. The van der Waals surface area contributed by atoms with Crippen molar-refractivity contribution in [1.82, 2.24) is 9.38 Å². The lowest BCUT2D eigenvalue weighted by atomic mass is 9.85. The van der Waals surface area contributed by atoms with Gasteiger partial charge in [-0.2, -0.15) is 0 Å². The summed E-state index contributed by atoms with van der Waals surface area (Å²) in [5, 5.41) is 0. The Morgan fingerprint density at radius 1 is 0.941 bits per heavy atom. The Bertz CT molecular complexity index is 488. The molecule has 0 saturated heterocycles. The molecule has 2 heteroatoms. The van der Waals surface area contributed by atoms with Gasteiger partial charge in [-0.25, -0.2) is 4.98 Å². The Balaban J connectivity index is 2.76. The molecule has 2 heterocycles. The van der Waals surface area contributed by atoms with Crippen LogP contribution in [0.15, 0.2) is 24.5 Å². The zero-order valence-corrected chi connectivity index (χ0v) is 11.7. The fourth-order valence-electron chi connectivity index (χ4n) is 2.21. The van der Waals surface area contributed by atoms with Gasteiger partial charge in [-0.3, -0.25) is 0 Å². The molecule has 0 N–H and O–H groups in total. The normalized spacial score (nSPS) is 13.3. The topological polar surface area (TPSA) is 17.3 Å². The van der Waals surface area contributed by atoms with Crippen molar-refractivity contribution in [3.8, 4) is 0 Å². The molecule has 0 bridgehead atoms. The second-order valence-electron chi connectivity index (χ2n) is 6.75. The van der Waals surface area contributed by atoms with Crippen LogP contribution < -0.4 is 0 Å². The van der Waals surface area contributed by atoms with E-state index in [1.54, 1.807) is 0 Å². The van der Waals surface area contributed by atoms with Crippen molar-refractivity contribution >= 4 is 5.65 Å². The number of nitrogens with zero attached hydrogens (tertiary/aromatic N) is 2. The van der Waals surface area contributed by atoms with Crippen molar-refractivity contribution < 1.29 is 0 Å². The van der Waals surface area contributed by atoms with Crippen molar-refractivity contribution in [2.45, 2.75) is 52.4 Å². The van der Waals surface area contributed by atoms with Crippen molar-refractivity contribution in [2.75, 3.05) is 0 Å². The van der Waals surface area contributed by atoms with E-state index in [2.05, 4.69) is 69.3 Å². The Kier molecular flexibility index (Phi) is 2.57. The molecule has 0 radical (unpaired) electrons. The fraction of sp³-hybridized carbons (Fsp3) is 0.533. The van der Waals surface area contributed by atoms with Crippen molar-refractivity contribution in [2.24, 2.45) is 0 Å². The molecule has 17 heavy (non-hydrogen) atoms. The van der Waals surface area contributed by atoms with Crippen molar-refractivity contribution in [3.05, 3.63) is 35.8 Å². The molecule has 92 valence electrons. The molecule has 2 rings (SSSR count). The van der Waals surface area contributed by atoms with E-state index in [4.69, 9.17) is 0 Å². The minimum absolute atomic E-state index is 0.128. The van der Waals surface area contributed by atoms with E-state index in [0.29, 0.717) is 0 Å². The third kappa shape index (κ3) is 2.08. The summed E-state index contributed by atoms with van der Waals surface area (Å²) < 4.78 is 2.22. The highest BCUT2D eigenvalue weighted by Gasteiger charge is 2.23. The first-order chi connectivity index (χ1) is 7.71. The SMILES string of the molecule is CC(C)(C)c1ccc(C(C)(C)C)n2ccnc12. The number of pyridine rings is 1. The van der Waals surface area contributed by atoms with E-state index >= 15 is 0 Å². The second-order valence-corrected chi connectivity index (χ2v) is 6.75. The van der Waals surface area contributed by atoms with E-state index < -0.39 is 0 Å². The molecule has 0 spiro atoms. The Hall–Kier alpha value is -1.31. The molecule has 0 amide bonds. The molecule has 2 aromatic rings. The molecule has 2 nitrogen and oxygen atoms in total. The number of imidazole rings is 1. The van der Waals surface area contributed by atoms with Crippen LogP contribution in [0.1, 0.15) is 52.8 Å². The summed E-state index contributed by atoms with van der Waals surface area (Å²) in [6.07, 6.45) is 3.95. The van der Waals surface area contributed by atoms with Crippen LogP contribution in [0.4, 0.5) is 0 Å². The summed E-state index contributed by atoms with van der Waals surface area (Å²) in [6, 6.07) is 4.46. The predicted molar refractivity (Wildman–Crippen MR) is 72.6 cm³/mol. The molecule has 0 aliphatic carbocycles. The highest BCUT2D eigenvalue weighted by molar-refractivity contribution is 5.53. The van der Waals surface area contributed by atoms with E-state index in [1.807, 2.05) is 6.20 Å². The van der Waals surface area contributed by atoms with Crippen LogP contribution in [0.5, 0.6) is 0 Å². The minimum atomic E-state index is 0.128. The van der Waals surface area contributed by atoms with Gasteiger partial charge in [0, 0.05) is 29.1 Å². The molecule has 2 aromatic heterocycles. The maximum absolute atomic E-state index is 4.52. The first kappa shape index (κ1) is 12.2. The third-order valence-electron chi connectivity index (χ3n) is 3.13. The van der Waals surface area contributed by atoms with Gasteiger partial charge in [-0.05, 0) is 11.5 Å².